The summed E-state index contributed by atoms with van der Waals surface area (Å²) >= 11 is 6.20. The Bertz CT molecular complexity index is 403. The van der Waals surface area contributed by atoms with Gasteiger partial charge in [-0.1, -0.05) is 18.2 Å². The highest BCUT2D eigenvalue weighted by molar-refractivity contribution is 6.21. The molecule has 2 rings (SSSR count). The lowest BCUT2D eigenvalue weighted by molar-refractivity contribution is 0.255. The zero-order valence-corrected chi connectivity index (χ0v) is 12.1. The zero-order chi connectivity index (χ0) is 13.2. The maximum Gasteiger partial charge on any atom is 0.122 e. The maximum atomic E-state index is 6.20. The lowest BCUT2D eigenvalue weighted by atomic mass is 9.91. The molecule has 0 bridgehead atoms. The third-order valence-electron chi connectivity index (χ3n) is 3.88. The van der Waals surface area contributed by atoms with E-state index in [1.54, 1.807) is 0 Å². The summed E-state index contributed by atoms with van der Waals surface area (Å²) in [5.41, 5.74) is 1.27. The second kappa shape index (κ2) is 5.50. The minimum absolute atomic E-state index is 0.0468. The molecule has 100 valence electrons. The van der Waals surface area contributed by atoms with E-state index in [-0.39, 0.29) is 10.9 Å². The predicted molar refractivity (Wildman–Crippen MR) is 76.7 cm³/mol. The van der Waals surface area contributed by atoms with E-state index in [0.29, 0.717) is 5.92 Å². The molecule has 2 atom stereocenters. The van der Waals surface area contributed by atoms with Crippen molar-refractivity contribution in [2.75, 3.05) is 13.2 Å². The number of nitrogens with one attached hydrogen (secondary N) is 1. The highest BCUT2D eigenvalue weighted by Crippen LogP contribution is 2.33. The zero-order valence-electron chi connectivity index (χ0n) is 11.4. The van der Waals surface area contributed by atoms with E-state index in [0.717, 1.165) is 25.3 Å². The summed E-state index contributed by atoms with van der Waals surface area (Å²) < 4.78 is 5.68. The highest BCUT2D eigenvalue weighted by Gasteiger charge is 2.27. The van der Waals surface area contributed by atoms with E-state index in [2.05, 4.69) is 37.4 Å². The lowest BCUT2D eigenvalue weighted by Crippen LogP contribution is -2.47. The average Bonchev–Trinajstić information content (AvgIpc) is 2.36. The fraction of sp³-hybridized carbons (Fsp3) is 0.600. The third-order valence-corrected chi connectivity index (χ3v) is 4.43. The molecular weight excluding hydrogens is 246 g/mol. The van der Waals surface area contributed by atoms with Crippen LogP contribution in [0.3, 0.4) is 0 Å². The fourth-order valence-corrected chi connectivity index (χ4v) is 2.23. The number of hydrogen-bond acceptors (Lipinski definition) is 2. The second-order valence-corrected chi connectivity index (χ2v) is 6.25. The molecule has 0 radical (unpaired) electrons. The number of benzene rings is 1. The molecule has 1 aromatic carbocycles. The van der Waals surface area contributed by atoms with E-state index in [1.165, 1.54) is 5.56 Å². The van der Waals surface area contributed by atoms with Gasteiger partial charge in [0, 0.05) is 23.4 Å². The number of hydrogen-bond donors (Lipinski definition) is 1. The van der Waals surface area contributed by atoms with Crippen LogP contribution in [-0.2, 0) is 0 Å². The van der Waals surface area contributed by atoms with Gasteiger partial charge in [0.1, 0.15) is 5.75 Å². The monoisotopic (exact) mass is 267 g/mol. The highest BCUT2D eigenvalue weighted by atomic mass is 35.5. The summed E-state index contributed by atoms with van der Waals surface area (Å²) in [5.74, 6) is 1.55. The molecule has 0 fully saturated rings. The van der Waals surface area contributed by atoms with Gasteiger partial charge in [-0.3, -0.25) is 0 Å². The van der Waals surface area contributed by atoms with E-state index in [9.17, 15) is 0 Å². The smallest absolute Gasteiger partial charge is 0.122 e. The van der Waals surface area contributed by atoms with Crippen molar-refractivity contribution in [1.82, 2.24) is 5.32 Å². The van der Waals surface area contributed by atoms with Crippen LogP contribution in [0, 0.1) is 0 Å². The van der Waals surface area contributed by atoms with Crippen LogP contribution < -0.4 is 10.1 Å². The predicted octanol–water partition coefficient (Wildman–Crippen LogP) is 3.55. The van der Waals surface area contributed by atoms with Crippen molar-refractivity contribution in [3.05, 3.63) is 29.8 Å². The van der Waals surface area contributed by atoms with E-state index >= 15 is 0 Å². The summed E-state index contributed by atoms with van der Waals surface area (Å²) in [6.45, 7) is 8.09. The first-order valence-electron chi connectivity index (χ1n) is 6.61. The van der Waals surface area contributed by atoms with Crippen LogP contribution >= 0.6 is 11.6 Å². The van der Waals surface area contributed by atoms with Gasteiger partial charge in [-0.2, -0.15) is 0 Å². The molecular formula is C15H22ClNO. The molecule has 18 heavy (non-hydrogen) atoms. The van der Waals surface area contributed by atoms with Crippen LogP contribution in [0.1, 0.15) is 38.7 Å². The van der Waals surface area contributed by atoms with Gasteiger partial charge in [0.2, 0.25) is 0 Å². The Morgan fingerprint density at radius 2 is 2.17 bits per heavy atom. The van der Waals surface area contributed by atoms with Gasteiger partial charge in [0.05, 0.1) is 6.61 Å². The molecule has 0 spiro atoms. The Kier molecular flexibility index (Phi) is 4.18. The van der Waals surface area contributed by atoms with Gasteiger partial charge in [-0.05, 0) is 38.8 Å². The summed E-state index contributed by atoms with van der Waals surface area (Å²) in [6.07, 6.45) is 1.07. The first-order valence-corrected chi connectivity index (χ1v) is 7.05. The quantitative estimate of drug-likeness (QED) is 0.843. The summed E-state index contributed by atoms with van der Waals surface area (Å²) in [4.78, 5) is 0. The van der Waals surface area contributed by atoms with Crippen molar-refractivity contribution in [1.29, 1.82) is 0 Å². The van der Waals surface area contributed by atoms with E-state index in [4.69, 9.17) is 16.3 Å². The summed E-state index contributed by atoms with van der Waals surface area (Å²) in [5, 5.41) is 3.69. The second-order valence-electron chi connectivity index (χ2n) is 5.59. The van der Waals surface area contributed by atoms with Crippen molar-refractivity contribution in [3.63, 3.8) is 0 Å². The number of alkyl halides is 1. The van der Waals surface area contributed by atoms with Gasteiger partial charge >= 0.3 is 0 Å². The molecule has 1 N–H and O–H groups in total. The van der Waals surface area contributed by atoms with Gasteiger partial charge < -0.3 is 10.1 Å². The molecule has 2 unspecified atom stereocenters. The van der Waals surface area contributed by atoms with Crippen LogP contribution in [0.2, 0.25) is 0 Å². The number of para-hydroxylation sites is 1. The standard InChI is InChI=1S/C15H22ClNO/c1-11(16)15(2,3)17-10-12-8-9-18-14-7-5-4-6-13(12)14/h4-7,11-12,17H,8-10H2,1-3H3. The minimum atomic E-state index is -0.0468. The number of halogens is 1. The van der Waals surface area contributed by atoms with Gasteiger partial charge in [0.15, 0.2) is 0 Å². The molecule has 1 aromatic rings. The van der Waals surface area contributed by atoms with Gasteiger partial charge in [-0.25, -0.2) is 0 Å². The Morgan fingerprint density at radius 1 is 1.44 bits per heavy atom. The lowest BCUT2D eigenvalue weighted by Gasteiger charge is -2.33. The molecule has 3 heteroatoms. The van der Waals surface area contributed by atoms with Crippen molar-refractivity contribution in [2.45, 2.75) is 44.0 Å². The molecule has 0 saturated heterocycles. The van der Waals surface area contributed by atoms with Crippen LogP contribution in [0.15, 0.2) is 24.3 Å². The normalized spacial score (nSPS) is 21.0. The number of rotatable bonds is 4. The molecule has 0 saturated carbocycles. The van der Waals surface area contributed by atoms with Gasteiger partial charge in [0.25, 0.3) is 0 Å². The fourth-order valence-electron chi connectivity index (χ4n) is 2.15. The Balaban J connectivity index is 2.04. The Hall–Kier alpha value is -0.730. The van der Waals surface area contributed by atoms with Crippen molar-refractivity contribution >= 4 is 11.6 Å². The Labute approximate surface area is 115 Å². The molecule has 0 aromatic heterocycles. The van der Waals surface area contributed by atoms with Gasteiger partial charge in [-0.15, -0.1) is 11.6 Å². The molecule has 1 aliphatic rings. The minimum Gasteiger partial charge on any atom is -0.493 e. The van der Waals surface area contributed by atoms with Crippen molar-refractivity contribution < 1.29 is 4.74 Å². The van der Waals surface area contributed by atoms with Crippen LogP contribution in [-0.4, -0.2) is 24.1 Å². The summed E-state index contributed by atoms with van der Waals surface area (Å²) in [6, 6.07) is 8.32. The molecule has 0 aliphatic carbocycles. The van der Waals surface area contributed by atoms with Crippen LogP contribution in [0.5, 0.6) is 5.75 Å². The molecule has 1 heterocycles. The number of ether oxygens (including phenoxy) is 1. The molecule has 1 aliphatic heterocycles. The van der Waals surface area contributed by atoms with Crippen LogP contribution in [0.4, 0.5) is 0 Å². The van der Waals surface area contributed by atoms with Crippen LogP contribution in [0.25, 0.3) is 0 Å². The SMILES string of the molecule is CC(Cl)C(C)(C)NCC1CCOc2ccccc21. The van der Waals surface area contributed by atoms with E-state index in [1.807, 2.05) is 13.0 Å². The molecule has 0 amide bonds. The largest absolute Gasteiger partial charge is 0.493 e. The summed E-state index contributed by atoms with van der Waals surface area (Å²) in [7, 11) is 0. The number of fused-ring (bicyclic) bond motifs is 1. The Morgan fingerprint density at radius 3 is 2.89 bits per heavy atom. The average molecular weight is 268 g/mol. The van der Waals surface area contributed by atoms with E-state index < -0.39 is 0 Å². The van der Waals surface area contributed by atoms with Crippen molar-refractivity contribution in [2.24, 2.45) is 0 Å². The third kappa shape index (κ3) is 2.99. The first kappa shape index (κ1) is 13.7. The molecule has 2 nitrogen and oxygen atoms in total. The first-order chi connectivity index (χ1) is 8.50. The maximum absolute atomic E-state index is 6.20. The topological polar surface area (TPSA) is 21.3 Å². The van der Waals surface area contributed by atoms with Crippen molar-refractivity contribution in [3.8, 4) is 5.75 Å².